The molecule has 1 aliphatic heterocycles. The second-order valence-corrected chi connectivity index (χ2v) is 14.7. The molecule has 2 unspecified atom stereocenters. The van der Waals surface area contributed by atoms with Gasteiger partial charge < -0.3 is 34.3 Å². The van der Waals surface area contributed by atoms with Crippen LogP contribution in [0.3, 0.4) is 0 Å². The zero-order valence-electron chi connectivity index (χ0n) is 30.1. The maximum atomic E-state index is 12.7. The molecule has 1 saturated heterocycles. The molecule has 1 fully saturated rings. The van der Waals surface area contributed by atoms with E-state index in [2.05, 4.69) is 26.0 Å². The van der Waals surface area contributed by atoms with Gasteiger partial charge in [0.1, 0.15) is 36.8 Å². The van der Waals surface area contributed by atoms with Gasteiger partial charge in [0.05, 0.1) is 6.61 Å². The Balaban J connectivity index is 2.55. The summed E-state index contributed by atoms with van der Waals surface area (Å²) in [5.74, 6) is -2.00. The van der Waals surface area contributed by atoms with Gasteiger partial charge in [-0.05, 0) is 38.5 Å². The molecule has 4 N–H and O–H groups in total. The quantitative estimate of drug-likeness (QED) is 0.0296. The number of carbonyl (C=O) groups excluding carboxylic acids is 2. The lowest BCUT2D eigenvalue weighted by atomic mass is 10.00. The van der Waals surface area contributed by atoms with Crippen LogP contribution in [0.5, 0.6) is 0 Å². The molecule has 49 heavy (non-hydrogen) atoms. The lowest BCUT2D eigenvalue weighted by molar-refractivity contribution is -0.297. The summed E-state index contributed by atoms with van der Waals surface area (Å²) in [6.45, 7) is 3.67. The van der Waals surface area contributed by atoms with Gasteiger partial charge in [-0.1, -0.05) is 109 Å². The number of unbranched alkanes of at least 4 members (excludes halogenated alkanes) is 16. The molecule has 0 spiro atoms. The SMILES string of the molecule is CCCCCCCC/C=C/CCCCCC(=O)O[C@H](COC(=O)CCCCCCCCCC)CO[C@H]1O[C@H](CS(=O)(=O)O)[C@@H](O)C(O)C1O. The molecule has 6 atom stereocenters. The molecule has 0 aliphatic carbocycles. The standard InChI is InChI=1S/C36H66O12S/c1-3-5-7-9-11-13-14-15-16-17-19-21-23-25-32(38)47-29(26-45-31(37)24-22-20-18-12-10-8-6-4-2)27-46-36-35(41)34(40)33(39)30(48-36)28-49(42,43)44/h15-16,29-30,33-36,39-41H,3-14,17-28H2,1-2H3,(H,42,43,44)/b16-15+/t29-,30-,33-,34?,35?,36+/m1/s1. The number of aliphatic hydroxyl groups is 3. The van der Waals surface area contributed by atoms with Crippen molar-refractivity contribution in [3.05, 3.63) is 12.2 Å². The Morgan fingerprint density at radius 2 is 1.16 bits per heavy atom. The fourth-order valence-electron chi connectivity index (χ4n) is 5.61. The Labute approximate surface area is 295 Å². The van der Waals surface area contributed by atoms with Crippen molar-refractivity contribution in [2.45, 2.75) is 185 Å². The largest absolute Gasteiger partial charge is 0.462 e. The first-order chi connectivity index (χ1) is 23.5. The van der Waals surface area contributed by atoms with Gasteiger partial charge in [-0.25, -0.2) is 0 Å². The van der Waals surface area contributed by atoms with Crippen molar-refractivity contribution in [2.24, 2.45) is 0 Å². The van der Waals surface area contributed by atoms with Crippen molar-refractivity contribution in [1.29, 1.82) is 0 Å². The van der Waals surface area contributed by atoms with Gasteiger partial charge in [-0.3, -0.25) is 14.1 Å². The van der Waals surface area contributed by atoms with Crippen molar-refractivity contribution >= 4 is 22.1 Å². The van der Waals surface area contributed by atoms with Crippen LogP contribution >= 0.6 is 0 Å². The van der Waals surface area contributed by atoms with E-state index in [1.54, 1.807) is 0 Å². The van der Waals surface area contributed by atoms with E-state index in [1.807, 2.05) is 0 Å². The number of aliphatic hydroxyl groups excluding tert-OH is 3. The van der Waals surface area contributed by atoms with Crippen LogP contribution < -0.4 is 0 Å². The molecule has 0 aromatic carbocycles. The molecule has 288 valence electrons. The molecule has 0 aromatic heterocycles. The highest BCUT2D eigenvalue weighted by molar-refractivity contribution is 7.85. The van der Waals surface area contributed by atoms with E-state index in [9.17, 15) is 37.9 Å². The number of carbonyl (C=O) groups is 2. The highest BCUT2D eigenvalue weighted by Gasteiger charge is 2.46. The summed E-state index contributed by atoms with van der Waals surface area (Å²) >= 11 is 0. The van der Waals surface area contributed by atoms with Crippen LogP contribution in [-0.4, -0.2) is 96.0 Å². The maximum absolute atomic E-state index is 12.7. The molecule has 0 saturated carbocycles. The maximum Gasteiger partial charge on any atom is 0.306 e. The minimum Gasteiger partial charge on any atom is -0.462 e. The van der Waals surface area contributed by atoms with E-state index in [1.165, 1.54) is 64.2 Å². The molecule has 1 aliphatic rings. The van der Waals surface area contributed by atoms with Crippen LogP contribution in [0.2, 0.25) is 0 Å². The fourth-order valence-corrected chi connectivity index (χ4v) is 6.30. The summed E-state index contributed by atoms with van der Waals surface area (Å²) in [5.41, 5.74) is 0. The normalized spacial score (nSPS) is 22.0. The first kappa shape index (κ1) is 45.4. The summed E-state index contributed by atoms with van der Waals surface area (Å²) in [4.78, 5) is 25.1. The van der Waals surface area contributed by atoms with Gasteiger partial charge in [0, 0.05) is 12.8 Å². The molecular formula is C36H66O12S. The zero-order valence-corrected chi connectivity index (χ0v) is 30.9. The molecule has 0 radical (unpaired) electrons. The minimum absolute atomic E-state index is 0.147. The molecule has 1 rings (SSSR count). The van der Waals surface area contributed by atoms with Crippen molar-refractivity contribution in [3.63, 3.8) is 0 Å². The summed E-state index contributed by atoms with van der Waals surface area (Å²) in [5, 5.41) is 30.7. The van der Waals surface area contributed by atoms with Crippen molar-refractivity contribution in [3.8, 4) is 0 Å². The highest BCUT2D eigenvalue weighted by atomic mass is 32.2. The predicted molar refractivity (Wildman–Crippen MR) is 187 cm³/mol. The van der Waals surface area contributed by atoms with E-state index >= 15 is 0 Å². The molecular weight excluding hydrogens is 656 g/mol. The second-order valence-electron chi connectivity index (χ2n) is 13.2. The molecule has 0 aromatic rings. The smallest absolute Gasteiger partial charge is 0.306 e. The first-order valence-corrected chi connectivity index (χ1v) is 20.4. The number of ether oxygens (including phenoxy) is 4. The van der Waals surface area contributed by atoms with Crippen molar-refractivity contribution < 1.29 is 56.8 Å². The van der Waals surface area contributed by atoms with Crippen molar-refractivity contribution in [1.82, 2.24) is 0 Å². The van der Waals surface area contributed by atoms with Crippen LogP contribution in [0.1, 0.15) is 149 Å². The van der Waals surface area contributed by atoms with Crippen LogP contribution in [-0.2, 0) is 38.7 Å². The molecule has 0 bridgehead atoms. The van der Waals surface area contributed by atoms with E-state index < -0.39 is 71.2 Å². The van der Waals surface area contributed by atoms with E-state index in [0.717, 1.165) is 44.9 Å². The average molecular weight is 723 g/mol. The zero-order chi connectivity index (χ0) is 36.3. The van der Waals surface area contributed by atoms with Gasteiger partial charge in [0.2, 0.25) is 0 Å². The Morgan fingerprint density at radius 1 is 0.673 bits per heavy atom. The van der Waals surface area contributed by atoms with Gasteiger partial charge in [-0.15, -0.1) is 0 Å². The van der Waals surface area contributed by atoms with Gasteiger partial charge in [0.25, 0.3) is 10.1 Å². The third kappa shape index (κ3) is 23.5. The van der Waals surface area contributed by atoms with Gasteiger partial charge in [0.15, 0.2) is 12.4 Å². The average Bonchev–Trinajstić information content (AvgIpc) is 3.05. The Hall–Kier alpha value is -1.61. The van der Waals surface area contributed by atoms with Crippen LogP contribution in [0.4, 0.5) is 0 Å². The molecule has 0 amide bonds. The third-order valence-corrected chi connectivity index (χ3v) is 9.35. The number of allylic oxidation sites excluding steroid dienone is 2. The van der Waals surface area contributed by atoms with E-state index in [-0.39, 0.29) is 19.4 Å². The lowest BCUT2D eigenvalue weighted by Crippen LogP contribution is -2.60. The topological polar surface area (TPSA) is 186 Å². The molecule has 12 nitrogen and oxygen atoms in total. The van der Waals surface area contributed by atoms with Gasteiger partial charge in [-0.2, -0.15) is 8.42 Å². The number of esters is 2. The molecule has 1 heterocycles. The highest BCUT2D eigenvalue weighted by Crippen LogP contribution is 2.24. The van der Waals surface area contributed by atoms with E-state index in [4.69, 9.17) is 18.9 Å². The van der Waals surface area contributed by atoms with E-state index in [0.29, 0.717) is 12.8 Å². The third-order valence-electron chi connectivity index (χ3n) is 8.60. The monoisotopic (exact) mass is 722 g/mol. The van der Waals surface area contributed by atoms with Gasteiger partial charge >= 0.3 is 11.9 Å². The predicted octanol–water partition coefficient (Wildman–Crippen LogP) is 5.94. The summed E-state index contributed by atoms with van der Waals surface area (Å²) < 4.78 is 53.6. The number of hydrogen-bond acceptors (Lipinski definition) is 11. The van der Waals surface area contributed by atoms with Crippen molar-refractivity contribution in [2.75, 3.05) is 19.0 Å². The Kier molecular flexibility index (Phi) is 26.0. The second kappa shape index (κ2) is 28.0. The van der Waals surface area contributed by atoms with Crippen LogP contribution in [0, 0.1) is 0 Å². The van der Waals surface area contributed by atoms with Crippen LogP contribution in [0.25, 0.3) is 0 Å². The summed E-state index contributed by atoms with van der Waals surface area (Å²) in [7, 11) is -4.59. The minimum atomic E-state index is -4.59. The Bertz CT molecular complexity index is 989. The lowest BCUT2D eigenvalue weighted by Gasteiger charge is -2.40. The van der Waals surface area contributed by atoms with Crippen LogP contribution in [0.15, 0.2) is 12.2 Å². The summed E-state index contributed by atoms with van der Waals surface area (Å²) in [6, 6.07) is 0. The first-order valence-electron chi connectivity index (χ1n) is 18.7. The summed E-state index contributed by atoms with van der Waals surface area (Å²) in [6.07, 6.45) is 15.8. The Morgan fingerprint density at radius 3 is 1.71 bits per heavy atom. The fraction of sp³-hybridized carbons (Fsp3) is 0.889. The molecule has 13 heteroatoms. The number of rotatable bonds is 30. The number of hydrogen-bond donors (Lipinski definition) is 4.